The van der Waals surface area contributed by atoms with Crippen molar-refractivity contribution in [2.75, 3.05) is 117 Å². The lowest BCUT2D eigenvalue weighted by Gasteiger charge is -2.49. The van der Waals surface area contributed by atoms with Gasteiger partial charge in [-0.2, -0.15) is 0 Å². The molecule has 0 saturated carbocycles. The molecule has 9 aliphatic rings. The fraction of sp³-hybridized carbons (Fsp3) is 0.481. The number of anilines is 1. The number of piperidine rings is 4. The zero-order valence-corrected chi connectivity index (χ0v) is 75.3. The monoisotopic (exact) mass is 1750 g/mol. The van der Waals surface area contributed by atoms with E-state index in [-0.39, 0.29) is 106 Å². The summed E-state index contributed by atoms with van der Waals surface area (Å²) in [5.74, 6) is 0.695. The summed E-state index contributed by atoms with van der Waals surface area (Å²) in [7, 11) is 1.64. The molecule has 9 aliphatic heterocycles. The number of fused-ring (bicyclic) bond motifs is 1. The maximum Gasteiger partial charge on any atom is 0.264 e. The standard InChI is InChI=1S/C28H36N2O4.C27H30N2O3.C26H33NO4.C25H29F2NO3/c1-2-33-25-20-26(22-6-4-3-5-7-22)34-28(21-25)12-14-30(15-13-28)27(31)23-8-10-24(11-9-23)29-16-18-32-19-17-29;1-2-31-23-17-25(20-8-4-3-5-9-20)32-27(18-23)12-14-29(15-13-27)26(30)22-16-21-10-6-7-11-24(21)28-19-22;1-4-30-22-17-24(20-8-6-5-7-9-20)31-26(18-22)12-14-27(15-13-26)25(28)23-11-10-21(29-3)16-19(23)2;1-2-30-19-16-22(18-8-4-3-5-9-18)31-25(17-19)12-14-28(15-13-25)24(29)21-11-7-6-10-20(21)23(26)27/h3-11,25-26H,2,12-21H2,1H3;3-11,16,19,23,25H,2,12-15,17-18H2,1H3;5-11,16,22,24H,4,12-15,17-18H2,1-3H3;3-11,19,22-23H,2,12-17H2,1H3. The van der Waals surface area contributed by atoms with Gasteiger partial charge in [-0.15, -0.1) is 0 Å². The Kier molecular flexibility index (Phi) is 31.7. The minimum absolute atomic E-state index is 0.0356. The highest BCUT2D eigenvalue weighted by Crippen LogP contribution is 2.49. The van der Waals surface area contributed by atoms with Crippen LogP contribution in [-0.2, 0) is 42.6 Å². The number of para-hydroxylation sites is 1. The number of rotatable bonds is 19. The van der Waals surface area contributed by atoms with Crippen molar-refractivity contribution < 1.29 is 75.3 Å². The number of aromatic nitrogens is 1. The van der Waals surface area contributed by atoms with Gasteiger partial charge in [0.2, 0.25) is 0 Å². The molecule has 10 heterocycles. The van der Waals surface area contributed by atoms with Gasteiger partial charge in [0, 0.05) is 183 Å². The van der Waals surface area contributed by atoms with Gasteiger partial charge in [-0.3, -0.25) is 24.2 Å². The van der Waals surface area contributed by atoms with Gasteiger partial charge in [0.25, 0.3) is 30.1 Å². The predicted octanol–water partition coefficient (Wildman–Crippen LogP) is 20.1. The first-order chi connectivity index (χ1) is 62.4. The number of nitrogens with zero attached hydrogens (tertiary/aromatic N) is 6. The average molecular weight is 1750 g/mol. The van der Waals surface area contributed by atoms with Crippen molar-refractivity contribution in [1.29, 1.82) is 0 Å². The molecule has 9 fully saturated rings. The van der Waals surface area contributed by atoms with E-state index in [0.29, 0.717) is 97.2 Å². The third kappa shape index (κ3) is 23.1. The summed E-state index contributed by atoms with van der Waals surface area (Å²) in [6, 6.07) is 71.0. The Labute approximate surface area is 754 Å². The highest BCUT2D eigenvalue weighted by molar-refractivity contribution is 5.98. The van der Waals surface area contributed by atoms with Crippen LogP contribution in [0.3, 0.4) is 0 Å². The third-order valence-electron chi connectivity index (χ3n) is 27.4. The summed E-state index contributed by atoms with van der Waals surface area (Å²) < 4.78 is 88.5. The van der Waals surface area contributed by atoms with Crippen LogP contribution in [0.4, 0.5) is 14.5 Å². The molecule has 8 atom stereocenters. The number of benzene rings is 8. The van der Waals surface area contributed by atoms with E-state index in [9.17, 15) is 28.0 Å². The molecule has 0 aliphatic carbocycles. The van der Waals surface area contributed by atoms with Crippen LogP contribution in [0.15, 0.2) is 225 Å². The molecule has 8 aromatic carbocycles. The van der Waals surface area contributed by atoms with Crippen LogP contribution in [0.5, 0.6) is 5.75 Å². The lowest BCUT2D eigenvalue weighted by molar-refractivity contribution is -0.191. The first kappa shape index (κ1) is 92.9. The molecule has 8 unspecified atom stereocenters. The number of amides is 4. The lowest BCUT2D eigenvalue weighted by atomic mass is 9.80. The lowest BCUT2D eigenvalue weighted by Crippen LogP contribution is -2.52. The van der Waals surface area contributed by atoms with Crippen molar-refractivity contribution in [1.82, 2.24) is 24.6 Å². The Hall–Kier alpha value is -9.85. The number of methoxy groups -OCH3 is 1. The fourth-order valence-corrected chi connectivity index (χ4v) is 20.7. The predicted molar refractivity (Wildman–Crippen MR) is 491 cm³/mol. The molecule has 9 saturated heterocycles. The second-order valence-electron chi connectivity index (χ2n) is 35.7. The zero-order valence-electron chi connectivity index (χ0n) is 75.3. The Morgan fingerprint density at radius 2 is 0.750 bits per heavy atom. The van der Waals surface area contributed by atoms with Crippen LogP contribution >= 0.6 is 0 Å². The molecule has 680 valence electrons. The molecule has 9 aromatic rings. The van der Waals surface area contributed by atoms with Gasteiger partial charge in [0.1, 0.15) is 5.75 Å². The summed E-state index contributed by atoms with van der Waals surface area (Å²) in [5.41, 5.74) is 8.74. The number of carbonyl (C=O) groups is 4. The van der Waals surface area contributed by atoms with Crippen LogP contribution < -0.4 is 9.64 Å². The van der Waals surface area contributed by atoms with Gasteiger partial charge in [-0.25, -0.2) is 8.78 Å². The Morgan fingerprint density at radius 3 is 1.12 bits per heavy atom. The highest BCUT2D eigenvalue weighted by atomic mass is 19.3. The number of aryl methyl sites for hydroxylation is 1. The number of hydrogen-bond acceptors (Lipinski definition) is 16. The summed E-state index contributed by atoms with van der Waals surface area (Å²) in [6.45, 7) is 21.4. The molecule has 22 heteroatoms. The minimum atomic E-state index is -2.67. The van der Waals surface area contributed by atoms with Crippen molar-refractivity contribution in [2.24, 2.45) is 0 Å². The number of carbonyl (C=O) groups excluding carboxylic acids is 4. The van der Waals surface area contributed by atoms with Crippen molar-refractivity contribution in [2.45, 2.75) is 215 Å². The van der Waals surface area contributed by atoms with Crippen LogP contribution in [0, 0.1) is 6.92 Å². The molecular formula is C106H128F2N6O14. The number of halogens is 2. The van der Waals surface area contributed by atoms with E-state index >= 15 is 0 Å². The average Bonchev–Trinajstić information content (AvgIpc) is 0.786. The molecule has 128 heavy (non-hydrogen) atoms. The van der Waals surface area contributed by atoms with E-state index in [1.807, 2.05) is 126 Å². The summed E-state index contributed by atoms with van der Waals surface area (Å²) in [5, 5.41) is 0.993. The Morgan fingerprint density at radius 1 is 0.398 bits per heavy atom. The molecule has 20 nitrogen and oxygen atoms in total. The van der Waals surface area contributed by atoms with E-state index in [4.69, 9.17) is 47.4 Å². The molecule has 0 N–H and O–H groups in total. The quantitative estimate of drug-likeness (QED) is 0.0742. The van der Waals surface area contributed by atoms with Gasteiger partial charge in [-0.1, -0.05) is 158 Å². The highest BCUT2D eigenvalue weighted by Gasteiger charge is 2.50. The second kappa shape index (κ2) is 43.7. The van der Waals surface area contributed by atoms with E-state index in [2.05, 4.69) is 128 Å². The SMILES string of the molecule is CCOC1CC(c2ccccc2)OC2(CCN(C(=O)c3ccc(N4CCOCC4)cc3)CC2)C1.CCOC1CC(c2ccccc2)OC2(CCN(C(=O)c3ccc(OC)cc3C)CC2)C1.CCOC1CC(c2ccccc2)OC2(CCN(C(=O)c3ccccc3C(F)F)CC2)C1.CCOC1CC(c2ccccc2)OC2(CCN(C(=O)c3cnc4ccccc4c3)CC2)C1. The fourth-order valence-electron chi connectivity index (χ4n) is 20.7. The van der Waals surface area contributed by atoms with Gasteiger partial charge in [-0.05, 0) is 174 Å². The van der Waals surface area contributed by atoms with Crippen molar-refractivity contribution >= 4 is 40.2 Å². The third-order valence-corrected chi connectivity index (χ3v) is 27.4. The maximum absolute atomic E-state index is 13.4. The van der Waals surface area contributed by atoms with Crippen LogP contribution in [-0.4, -0.2) is 207 Å². The summed E-state index contributed by atoms with van der Waals surface area (Å²) in [4.78, 5) is 66.9. The number of ether oxygens (including phenoxy) is 10. The molecule has 1 aromatic heterocycles. The zero-order chi connectivity index (χ0) is 89.0. The Balaban J connectivity index is 0.000000131. The van der Waals surface area contributed by atoms with Crippen molar-refractivity contribution in [3.63, 3.8) is 0 Å². The first-order valence-corrected chi connectivity index (χ1v) is 46.7. The molecule has 0 bridgehead atoms. The summed E-state index contributed by atoms with van der Waals surface area (Å²) >= 11 is 0. The number of morpholine rings is 1. The van der Waals surface area contributed by atoms with Gasteiger partial charge < -0.3 is 71.9 Å². The van der Waals surface area contributed by atoms with Gasteiger partial charge >= 0.3 is 0 Å². The molecule has 4 spiro atoms. The van der Waals surface area contributed by atoms with E-state index < -0.39 is 6.43 Å². The topological polar surface area (TPSA) is 190 Å². The number of likely N-dealkylation sites (tertiary alicyclic amines) is 4. The minimum Gasteiger partial charge on any atom is -0.497 e. The Bertz CT molecular complexity index is 5040. The molecule has 4 amide bonds. The van der Waals surface area contributed by atoms with Crippen LogP contribution in [0.25, 0.3) is 10.9 Å². The smallest absolute Gasteiger partial charge is 0.264 e. The van der Waals surface area contributed by atoms with Crippen molar-refractivity contribution in [3.05, 3.63) is 280 Å². The van der Waals surface area contributed by atoms with E-state index in [0.717, 1.165) is 161 Å². The second-order valence-corrected chi connectivity index (χ2v) is 35.7. The molecule has 0 radical (unpaired) electrons. The van der Waals surface area contributed by atoms with E-state index in [1.54, 1.807) is 24.3 Å². The largest absolute Gasteiger partial charge is 0.497 e. The summed E-state index contributed by atoms with van der Waals surface area (Å²) in [6.07, 6.45) is 13.1. The van der Waals surface area contributed by atoms with Gasteiger partial charge in [0.15, 0.2) is 0 Å². The molecular weight excluding hydrogens is 1620 g/mol. The molecule has 18 rings (SSSR count). The number of hydrogen-bond donors (Lipinski definition) is 0. The normalized spacial score (nSPS) is 23.5. The number of pyridine rings is 1. The van der Waals surface area contributed by atoms with Crippen LogP contribution in [0.2, 0.25) is 0 Å². The van der Waals surface area contributed by atoms with E-state index in [1.165, 1.54) is 34.9 Å². The van der Waals surface area contributed by atoms with Crippen LogP contribution in [0.1, 0.15) is 236 Å². The first-order valence-electron chi connectivity index (χ1n) is 46.7. The maximum atomic E-state index is 13.4. The van der Waals surface area contributed by atoms with Gasteiger partial charge in [0.05, 0.1) is 103 Å². The van der Waals surface area contributed by atoms with Crippen molar-refractivity contribution in [3.8, 4) is 5.75 Å². The number of alkyl halides is 2.